The third kappa shape index (κ3) is 2.82. The number of nitrogens with two attached hydrogens (primary N) is 1. The first-order valence-corrected chi connectivity index (χ1v) is 6.29. The van der Waals surface area contributed by atoms with Crippen LogP contribution in [0, 0.1) is 0 Å². The van der Waals surface area contributed by atoms with Gasteiger partial charge in [0.05, 0.1) is 20.1 Å². The Morgan fingerprint density at radius 2 is 2.33 bits per heavy atom. The van der Waals surface area contributed by atoms with Crippen molar-refractivity contribution in [1.29, 1.82) is 0 Å². The van der Waals surface area contributed by atoms with Crippen molar-refractivity contribution in [1.82, 2.24) is 0 Å². The first-order chi connectivity index (χ1) is 8.72. The van der Waals surface area contributed by atoms with E-state index in [2.05, 4.69) is 10.8 Å². The Morgan fingerprint density at radius 3 is 3.11 bits per heavy atom. The molecule has 1 aliphatic carbocycles. The van der Waals surface area contributed by atoms with Crippen molar-refractivity contribution in [3.05, 3.63) is 29.3 Å². The number of esters is 1. The monoisotopic (exact) mass is 249 g/mol. The molecule has 0 aromatic heterocycles. The first-order valence-electron chi connectivity index (χ1n) is 6.29. The van der Waals surface area contributed by atoms with E-state index >= 15 is 0 Å². The van der Waals surface area contributed by atoms with Crippen LogP contribution in [0.25, 0.3) is 0 Å². The first kappa shape index (κ1) is 12.9. The zero-order valence-electron chi connectivity index (χ0n) is 10.6. The number of hydrogen-bond acceptors (Lipinski definition) is 4. The van der Waals surface area contributed by atoms with Crippen LogP contribution < -0.4 is 10.5 Å². The highest BCUT2D eigenvalue weighted by Crippen LogP contribution is 2.33. The summed E-state index contributed by atoms with van der Waals surface area (Å²) in [7, 11) is 1.38. The highest BCUT2D eigenvalue weighted by Gasteiger charge is 2.19. The van der Waals surface area contributed by atoms with Gasteiger partial charge in [0.2, 0.25) is 0 Å². The van der Waals surface area contributed by atoms with Gasteiger partial charge in [0, 0.05) is 6.04 Å². The van der Waals surface area contributed by atoms with E-state index in [0.717, 1.165) is 25.0 Å². The number of hydrogen-bond donors (Lipinski definition) is 1. The van der Waals surface area contributed by atoms with Crippen LogP contribution in [0.2, 0.25) is 0 Å². The molecule has 0 fully saturated rings. The standard InChI is InChI=1S/C14H19NO3/c1-17-14(16)8-9-18-13-7-3-4-10-11(13)5-2-6-12(10)15/h3-4,7,12H,2,5-6,8-9,15H2,1H3. The molecule has 0 heterocycles. The third-order valence-corrected chi connectivity index (χ3v) is 3.30. The van der Waals surface area contributed by atoms with Gasteiger partial charge in [-0.05, 0) is 36.5 Å². The van der Waals surface area contributed by atoms with Crippen molar-refractivity contribution in [3.63, 3.8) is 0 Å². The lowest BCUT2D eigenvalue weighted by Crippen LogP contribution is -2.18. The summed E-state index contributed by atoms with van der Waals surface area (Å²) in [4.78, 5) is 11.0. The van der Waals surface area contributed by atoms with Gasteiger partial charge < -0.3 is 15.2 Å². The Kier molecular flexibility index (Phi) is 4.20. The lowest BCUT2D eigenvalue weighted by molar-refractivity contribution is -0.141. The summed E-state index contributed by atoms with van der Waals surface area (Å²) >= 11 is 0. The van der Waals surface area contributed by atoms with Crippen LogP contribution in [-0.4, -0.2) is 19.7 Å². The van der Waals surface area contributed by atoms with Crippen molar-refractivity contribution in [3.8, 4) is 5.75 Å². The van der Waals surface area contributed by atoms with E-state index in [1.807, 2.05) is 12.1 Å². The topological polar surface area (TPSA) is 61.5 Å². The normalized spacial score (nSPS) is 18.0. The molecule has 2 rings (SSSR count). The number of carbonyl (C=O) groups is 1. The minimum atomic E-state index is -0.253. The largest absolute Gasteiger partial charge is 0.493 e. The summed E-state index contributed by atoms with van der Waals surface area (Å²) in [6.45, 7) is 0.346. The molecule has 4 nitrogen and oxygen atoms in total. The van der Waals surface area contributed by atoms with Crippen molar-refractivity contribution >= 4 is 5.97 Å². The average molecular weight is 249 g/mol. The number of methoxy groups -OCH3 is 1. The van der Waals surface area contributed by atoms with Crippen molar-refractivity contribution < 1.29 is 14.3 Å². The number of benzene rings is 1. The molecule has 0 radical (unpaired) electrons. The van der Waals surface area contributed by atoms with Gasteiger partial charge in [0.1, 0.15) is 5.75 Å². The van der Waals surface area contributed by atoms with Crippen LogP contribution in [0.5, 0.6) is 5.75 Å². The van der Waals surface area contributed by atoms with E-state index in [4.69, 9.17) is 10.5 Å². The molecule has 0 amide bonds. The van der Waals surface area contributed by atoms with E-state index in [9.17, 15) is 4.79 Å². The molecule has 0 saturated carbocycles. The molecule has 98 valence electrons. The average Bonchev–Trinajstić information content (AvgIpc) is 2.39. The number of fused-ring (bicyclic) bond motifs is 1. The summed E-state index contributed by atoms with van der Waals surface area (Å²) in [6.07, 6.45) is 3.38. The van der Waals surface area contributed by atoms with E-state index in [0.29, 0.717) is 6.61 Å². The van der Waals surface area contributed by atoms with Crippen LogP contribution >= 0.6 is 0 Å². The fourth-order valence-electron chi connectivity index (χ4n) is 2.33. The predicted molar refractivity (Wildman–Crippen MR) is 68.4 cm³/mol. The Bertz CT molecular complexity index is 431. The Balaban J connectivity index is 2.05. The molecule has 1 atom stereocenters. The minimum Gasteiger partial charge on any atom is -0.493 e. The van der Waals surface area contributed by atoms with Crippen LogP contribution in [-0.2, 0) is 16.0 Å². The number of ether oxygens (including phenoxy) is 2. The molecule has 1 aromatic carbocycles. The second-order valence-corrected chi connectivity index (χ2v) is 4.50. The Hall–Kier alpha value is -1.55. The van der Waals surface area contributed by atoms with Crippen molar-refractivity contribution in [2.75, 3.05) is 13.7 Å². The highest BCUT2D eigenvalue weighted by atomic mass is 16.5. The SMILES string of the molecule is COC(=O)CCOc1cccc2c1CCCC2N. The molecular weight excluding hydrogens is 230 g/mol. The zero-order chi connectivity index (χ0) is 13.0. The Labute approximate surface area is 107 Å². The Morgan fingerprint density at radius 1 is 1.50 bits per heavy atom. The number of carbonyl (C=O) groups excluding carboxylic acids is 1. The van der Waals surface area contributed by atoms with Crippen LogP contribution in [0.1, 0.15) is 36.4 Å². The summed E-state index contributed by atoms with van der Waals surface area (Å²) in [6, 6.07) is 6.07. The van der Waals surface area contributed by atoms with Gasteiger partial charge in [-0.2, -0.15) is 0 Å². The second-order valence-electron chi connectivity index (χ2n) is 4.50. The summed E-state index contributed by atoms with van der Waals surface area (Å²) in [5.41, 5.74) is 8.46. The summed E-state index contributed by atoms with van der Waals surface area (Å²) in [5.74, 6) is 0.600. The summed E-state index contributed by atoms with van der Waals surface area (Å²) in [5, 5.41) is 0. The maximum atomic E-state index is 11.0. The number of rotatable bonds is 4. The second kappa shape index (κ2) is 5.87. The maximum Gasteiger partial charge on any atom is 0.308 e. The van der Waals surface area contributed by atoms with Crippen LogP contribution in [0.3, 0.4) is 0 Å². The quantitative estimate of drug-likeness (QED) is 0.829. The molecule has 1 aromatic rings. The molecule has 1 unspecified atom stereocenters. The molecule has 0 bridgehead atoms. The van der Waals surface area contributed by atoms with E-state index < -0.39 is 0 Å². The molecular formula is C14H19NO3. The fourth-order valence-corrected chi connectivity index (χ4v) is 2.33. The van der Waals surface area contributed by atoms with Gasteiger partial charge in [-0.15, -0.1) is 0 Å². The molecule has 0 spiro atoms. The lowest BCUT2D eigenvalue weighted by Gasteiger charge is -2.24. The van der Waals surface area contributed by atoms with Gasteiger partial charge >= 0.3 is 5.97 Å². The molecule has 18 heavy (non-hydrogen) atoms. The minimum absolute atomic E-state index is 0.109. The van der Waals surface area contributed by atoms with Gasteiger partial charge in [-0.3, -0.25) is 4.79 Å². The van der Waals surface area contributed by atoms with Crippen molar-refractivity contribution in [2.24, 2.45) is 5.73 Å². The molecule has 0 saturated heterocycles. The van der Waals surface area contributed by atoms with Crippen LogP contribution in [0.4, 0.5) is 0 Å². The fraction of sp³-hybridized carbons (Fsp3) is 0.500. The maximum absolute atomic E-state index is 11.0. The highest BCUT2D eigenvalue weighted by molar-refractivity contribution is 5.69. The van der Waals surface area contributed by atoms with Crippen LogP contribution in [0.15, 0.2) is 18.2 Å². The zero-order valence-corrected chi connectivity index (χ0v) is 10.6. The third-order valence-electron chi connectivity index (χ3n) is 3.30. The molecule has 2 N–H and O–H groups in total. The molecule has 0 aliphatic heterocycles. The summed E-state index contributed by atoms with van der Waals surface area (Å²) < 4.78 is 10.2. The van der Waals surface area contributed by atoms with Gasteiger partial charge in [-0.1, -0.05) is 12.1 Å². The van der Waals surface area contributed by atoms with Gasteiger partial charge in [0.25, 0.3) is 0 Å². The van der Waals surface area contributed by atoms with Gasteiger partial charge in [0.15, 0.2) is 0 Å². The smallest absolute Gasteiger partial charge is 0.308 e. The van der Waals surface area contributed by atoms with E-state index in [1.165, 1.54) is 18.2 Å². The van der Waals surface area contributed by atoms with E-state index in [1.54, 1.807) is 0 Å². The molecule has 1 aliphatic rings. The van der Waals surface area contributed by atoms with Gasteiger partial charge in [-0.25, -0.2) is 0 Å². The lowest BCUT2D eigenvalue weighted by atomic mass is 9.87. The van der Waals surface area contributed by atoms with Crippen molar-refractivity contribution in [2.45, 2.75) is 31.7 Å². The van der Waals surface area contributed by atoms with E-state index in [-0.39, 0.29) is 18.4 Å². The molecule has 4 heteroatoms. The predicted octanol–water partition coefficient (Wildman–Crippen LogP) is 1.96.